The van der Waals surface area contributed by atoms with Gasteiger partial charge in [0.05, 0.1) is 13.1 Å². The number of aryl methyl sites for hydroxylation is 2. The van der Waals surface area contributed by atoms with Gasteiger partial charge in [-0.3, -0.25) is 9.69 Å². The second-order valence-corrected chi connectivity index (χ2v) is 7.19. The average molecular weight is 345 g/mol. The number of ether oxygens (including phenoxy) is 1. The Labute approximate surface area is 149 Å². The molecule has 0 N–H and O–H groups in total. The zero-order valence-corrected chi connectivity index (χ0v) is 15.7. The number of cyclic esters (lactones) is 1. The third-order valence-electron chi connectivity index (χ3n) is 5.30. The minimum atomic E-state index is -0.276. The third-order valence-corrected chi connectivity index (χ3v) is 5.30. The van der Waals surface area contributed by atoms with Crippen LogP contribution in [-0.4, -0.2) is 55.7 Å². The van der Waals surface area contributed by atoms with Gasteiger partial charge in [0.1, 0.15) is 6.10 Å². The lowest BCUT2D eigenvalue weighted by molar-refractivity contribution is -0.131. The summed E-state index contributed by atoms with van der Waals surface area (Å²) in [6.07, 6.45) is 0.505. The van der Waals surface area contributed by atoms with Gasteiger partial charge in [-0.05, 0) is 50.5 Å². The molecule has 0 aromatic heterocycles. The number of hydrogen-bond acceptors (Lipinski definition) is 4. The number of carbonyl (C=O) groups excluding carboxylic acids is 2. The van der Waals surface area contributed by atoms with Gasteiger partial charge in [-0.2, -0.15) is 0 Å². The van der Waals surface area contributed by atoms with Crippen LogP contribution in [0.15, 0.2) is 12.1 Å². The molecule has 2 atom stereocenters. The molecule has 2 heterocycles. The molecule has 0 saturated carbocycles. The summed E-state index contributed by atoms with van der Waals surface area (Å²) in [5.41, 5.74) is 4.12. The monoisotopic (exact) mass is 345 g/mol. The smallest absolute Gasteiger partial charge is 0.414 e. The van der Waals surface area contributed by atoms with Crippen LogP contribution in [0.4, 0.5) is 16.2 Å². The fraction of sp³-hybridized carbons (Fsp3) is 0.579. The largest absolute Gasteiger partial charge is 0.444 e. The van der Waals surface area contributed by atoms with Crippen molar-refractivity contribution in [2.24, 2.45) is 0 Å². The van der Waals surface area contributed by atoms with Crippen LogP contribution >= 0.6 is 0 Å². The van der Waals surface area contributed by atoms with Gasteiger partial charge in [0, 0.05) is 31.0 Å². The lowest BCUT2D eigenvalue weighted by Crippen LogP contribution is -2.54. The summed E-state index contributed by atoms with van der Waals surface area (Å²) >= 11 is 0. The summed E-state index contributed by atoms with van der Waals surface area (Å²) in [4.78, 5) is 30.0. The molecule has 3 rings (SSSR count). The summed E-state index contributed by atoms with van der Waals surface area (Å²) in [5, 5.41) is 0. The minimum absolute atomic E-state index is 0.0381. The molecule has 1 aromatic rings. The fourth-order valence-corrected chi connectivity index (χ4v) is 3.73. The number of rotatable bonds is 3. The first-order chi connectivity index (χ1) is 11.8. The normalized spacial score (nSPS) is 24.1. The summed E-state index contributed by atoms with van der Waals surface area (Å²) in [7, 11) is 1.86. The molecule has 0 bridgehead atoms. The SMILES string of the molecule is CCC1CN(c2cc(C)c(N3CC(=O)N(C)C(C)C3)c(C)c2)C(=O)O1. The van der Waals surface area contributed by atoms with Crippen LogP contribution in [0.5, 0.6) is 0 Å². The van der Waals surface area contributed by atoms with Crippen molar-refractivity contribution < 1.29 is 14.3 Å². The third kappa shape index (κ3) is 3.17. The Morgan fingerprint density at radius 1 is 1.16 bits per heavy atom. The number of piperazine rings is 1. The van der Waals surface area contributed by atoms with Crippen LogP contribution in [0.3, 0.4) is 0 Å². The zero-order valence-electron chi connectivity index (χ0n) is 15.7. The van der Waals surface area contributed by atoms with Gasteiger partial charge in [0.25, 0.3) is 0 Å². The van der Waals surface area contributed by atoms with Crippen molar-refractivity contribution in [3.63, 3.8) is 0 Å². The summed E-state index contributed by atoms with van der Waals surface area (Å²) in [6, 6.07) is 4.23. The Bertz CT molecular complexity index is 680. The lowest BCUT2D eigenvalue weighted by Gasteiger charge is -2.40. The highest BCUT2D eigenvalue weighted by molar-refractivity contribution is 5.91. The minimum Gasteiger partial charge on any atom is -0.444 e. The Morgan fingerprint density at radius 3 is 2.32 bits per heavy atom. The lowest BCUT2D eigenvalue weighted by atomic mass is 10.0. The Balaban J connectivity index is 1.89. The summed E-state index contributed by atoms with van der Waals surface area (Å²) in [5.74, 6) is 0.135. The fourth-order valence-electron chi connectivity index (χ4n) is 3.73. The van der Waals surface area contributed by atoms with Crippen molar-refractivity contribution in [3.8, 4) is 0 Å². The van der Waals surface area contributed by atoms with E-state index in [1.165, 1.54) is 0 Å². The molecule has 6 heteroatoms. The Kier molecular flexibility index (Phi) is 4.62. The molecule has 2 amide bonds. The Hall–Kier alpha value is -2.24. The van der Waals surface area contributed by atoms with E-state index in [2.05, 4.69) is 11.8 Å². The predicted octanol–water partition coefficient (Wildman–Crippen LogP) is 2.71. The second-order valence-electron chi connectivity index (χ2n) is 7.19. The molecule has 2 aliphatic heterocycles. The molecule has 25 heavy (non-hydrogen) atoms. The number of anilines is 2. The van der Waals surface area contributed by atoms with E-state index in [0.717, 1.165) is 35.5 Å². The molecule has 136 valence electrons. The van der Waals surface area contributed by atoms with Crippen molar-refractivity contribution in [2.45, 2.75) is 46.3 Å². The quantitative estimate of drug-likeness (QED) is 0.845. The number of benzene rings is 1. The number of likely N-dealkylation sites (N-methyl/N-ethyl adjacent to an activating group) is 1. The summed E-state index contributed by atoms with van der Waals surface area (Å²) < 4.78 is 5.37. The average Bonchev–Trinajstić information content (AvgIpc) is 2.93. The number of nitrogens with zero attached hydrogens (tertiary/aromatic N) is 3. The topological polar surface area (TPSA) is 53.1 Å². The van der Waals surface area contributed by atoms with E-state index in [9.17, 15) is 9.59 Å². The second kappa shape index (κ2) is 6.58. The molecular formula is C19H27N3O3. The molecule has 2 unspecified atom stereocenters. The maximum absolute atomic E-state index is 12.2. The molecular weight excluding hydrogens is 318 g/mol. The van der Waals surface area contributed by atoms with Crippen LogP contribution in [-0.2, 0) is 9.53 Å². The first-order valence-corrected chi connectivity index (χ1v) is 8.91. The molecule has 2 fully saturated rings. The van der Waals surface area contributed by atoms with Crippen molar-refractivity contribution in [3.05, 3.63) is 23.3 Å². The molecule has 2 saturated heterocycles. The molecule has 6 nitrogen and oxygen atoms in total. The first kappa shape index (κ1) is 17.6. The van der Waals surface area contributed by atoms with E-state index >= 15 is 0 Å². The highest BCUT2D eigenvalue weighted by Crippen LogP contribution is 2.33. The maximum atomic E-state index is 12.2. The molecule has 1 aromatic carbocycles. The molecule has 0 spiro atoms. The molecule has 0 radical (unpaired) electrons. The standard InChI is InChI=1S/C19H27N3O3/c1-6-16-10-22(19(24)25-16)15-7-12(2)18(13(3)8-15)21-9-14(4)20(5)17(23)11-21/h7-8,14,16H,6,9-11H2,1-5H3. The van der Waals surface area contributed by atoms with E-state index in [-0.39, 0.29) is 24.1 Å². The number of amides is 2. The zero-order chi connectivity index (χ0) is 18.3. The van der Waals surface area contributed by atoms with Crippen LogP contribution in [0.25, 0.3) is 0 Å². The van der Waals surface area contributed by atoms with Crippen LogP contribution in [0.1, 0.15) is 31.4 Å². The van der Waals surface area contributed by atoms with Gasteiger partial charge in [-0.1, -0.05) is 6.92 Å². The van der Waals surface area contributed by atoms with Crippen molar-refractivity contribution in [2.75, 3.05) is 36.5 Å². The van der Waals surface area contributed by atoms with E-state index in [0.29, 0.717) is 13.1 Å². The van der Waals surface area contributed by atoms with Gasteiger partial charge in [0.2, 0.25) is 5.91 Å². The van der Waals surface area contributed by atoms with Crippen LogP contribution in [0.2, 0.25) is 0 Å². The highest BCUT2D eigenvalue weighted by Gasteiger charge is 2.33. The molecule has 2 aliphatic rings. The first-order valence-electron chi connectivity index (χ1n) is 8.91. The van der Waals surface area contributed by atoms with Gasteiger partial charge in [0.15, 0.2) is 0 Å². The molecule has 0 aliphatic carbocycles. The van der Waals surface area contributed by atoms with E-state index in [1.54, 1.807) is 9.80 Å². The Morgan fingerprint density at radius 2 is 1.80 bits per heavy atom. The maximum Gasteiger partial charge on any atom is 0.414 e. The van der Waals surface area contributed by atoms with Gasteiger partial charge in [-0.15, -0.1) is 0 Å². The van der Waals surface area contributed by atoms with E-state index in [4.69, 9.17) is 4.74 Å². The van der Waals surface area contributed by atoms with Gasteiger partial charge < -0.3 is 14.5 Å². The number of hydrogen-bond donors (Lipinski definition) is 0. The van der Waals surface area contributed by atoms with Crippen LogP contribution in [0, 0.1) is 13.8 Å². The highest BCUT2D eigenvalue weighted by atomic mass is 16.6. The van der Waals surface area contributed by atoms with Gasteiger partial charge >= 0.3 is 6.09 Å². The van der Waals surface area contributed by atoms with Gasteiger partial charge in [-0.25, -0.2) is 4.79 Å². The predicted molar refractivity (Wildman–Crippen MR) is 98.3 cm³/mol. The number of carbonyl (C=O) groups is 2. The summed E-state index contributed by atoms with van der Waals surface area (Å²) in [6.45, 7) is 9.97. The van der Waals surface area contributed by atoms with Crippen molar-refractivity contribution >= 4 is 23.4 Å². The van der Waals surface area contributed by atoms with Crippen molar-refractivity contribution in [1.82, 2.24) is 4.90 Å². The van der Waals surface area contributed by atoms with E-state index < -0.39 is 0 Å². The van der Waals surface area contributed by atoms with E-state index in [1.807, 2.05) is 40.0 Å². The van der Waals surface area contributed by atoms with Crippen molar-refractivity contribution in [1.29, 1.82) is 0 Å². The van der Waals surface area contributed by atoms with Crippen LogP contribution < -0.4 is 9.80 Å².